The third kappa shape index (κ3) is 1.47. The van der Waals surface area contributed by atoms with E-state index < -0.39 is 0 Å². The van der Waals surface area contributed by atoms with E-state index in [2.05, 4.69) is 28.7 Å². The van der Waals surface area contributed by atoms with Crippen molar-refractivity contribution in [3.63, 3.8) is 0 Å². The fraction of sp³-hybridized carbons (Fsp3) is 0.250. The second-order valence-electron chi connectivity index (χ2n) is 2.70. The first-order valence-corrected chi connectivity index (χ1v) is 4.76. The number of anilines is 1. The lowest BCUT2D eigenvalue weighted by Gasteiger charge is -2.01. The molecule has 0 unspecified atom stereocenters. The summed E-state index contributed by atoms with van der Waals surface area (Å²) in [6.45, 7) is 9.02. The number of nitrogens with zero attached hydrogens (tertiary/aromatic N) is 3. The molecular weight excluding hydrogens is 184 g/mol. The fourth-order valence-corrected chi connectivity index (χ4v) is 1.93. The number of fused-ring (bicyclic) bond motifs is 1. The van der Waals surface area contributed by atoms with Crippen LogP contribution in [0.3, 0.4) is 0 Å². The average Bonchev–Trinajstić information content (AvgIpc) is 2.61. The molecule has 0 radical (unpaired) electrons. The number of aromatic nitrogens is 3. The first-order chi connectivity index (χ1) is 6.31. The highest BCUT2D eigenvalue weighted by Crippen LogP contribution is 2.34. The molecule has 0 bridgehead atoms. The summed E-state index contributed by atoms with van der Waals surface area (Å²) < 4.78 is 2.01. The van der Waals surface area contributed by atoms with Crippen LogP contribution < -0.4 is 5.32 Å². The molecule has 0 aromatic carbocycles. The van der Waals surface area contributed by atoms with Gasteiger partial charge in [0.2, 0.25) is 5.95 Å². The van der Waals surface area contributed by atoms with Gasteiger partial charge in [0, 0.05) is 11.4 Å². The molecule has 2 heterocycles. The van der Waals surface area contributed by atoms with Crippen molar-refractivity contribution in [2.75, 3.05) is 11.9 Å². The topological polar surface area (TPSA) is 42.7 Å². The van der Waals surface area contributed by atoms with Crippen molar-refractivity contribution < 1.29 is 0 Å². The molecule has 0 amide bonds. The Balaban J connectivity index is 2.20. The number of nitrogens with one attached hydrogen (secondary N) is 1. The maximum atomic E-state index is 4.02. The maximum Gasteiger partial charge on any atom is 0.225 e. The van der Waals surface area contributed by atoms with E-state index in [-0.39, 0.29) is 0 Å². The predicted octanol–water partition coefficient (Wildman–Crippen LogP) is 1.50. The zero-order valence-electron chi connectivity index (χ0n) is 7.16. The molecule has 1 N–H and O–H groups in total. The van der Waals surface area contributed by atoms with Crippen molar-refractivity contribution in [3.05, 3.63) is 24.1 Å². The molecule has 0 atom stereocenters. The molecule has 0 saturated heterocycles. The zero-order chi connectivity index (χ0) is 9.26. The van der Waals surface area contributed by atoms with E-state index in [1.807, 2.05) is 4.57 Å². The second kappa shape index (κ2) is 3.26. The van der Waals surface area contributed by atoms with Gasteiger partial charge in [-0.2, -0.15) is 0 Å². The van der Waals surface area contributed by atoms with Gasteiger partial charge in [-0.15, -0.1) is 16.8 Å². The lowest BCUT2D eigenvalue weighted by atomic mass is 10.6. The SMILES string of the molecule is C=CCNc1nnc2n1CC(=C)S2. The van der Waals surface area contributed by atoms with Gasteiger partial charge >= 0.3 is 0 Å². The highest BCUT2D eigenvalue weighted by atomic mass is 32.2. The van der Waals surface area contributed by atoms with Gasteiger partial charge in [0.25, 0.3) is 0 Å². The molecule has 1 aliphatic rings. The van der Waals surface area contributed by atoms with Crippen LogP contribution in [-0.2, 0) is 6.54 Å². The Labute approximate surface area is 80.7 Å². The first kappa shape index (κ1) is 8.37. The van der Waals surface area contributed by atoms with Crippen LogP contribution in [0.25, 0.3) is 0 Å². The molecule has 13 heavy (non-hydrogen) atoms. The van der Waals surface area contributed by atoms with Crippen LogP contribution in [-0.4, -0.2) is 21.3 Å². The van der Waals surface area contributed by atoms with Gasteiger partial charge in [0.1, 0.15) is 0 Å². The molecule has 2 rings (SSSR count). The van der Waals surface area contributed by atoms with Gasteiger partial charge < -0.3 is 5.32 Å². The van der Waals surface area contributed by atoms with Crippen molar-refractivity contribution >= 4 is 17.7 Å². The highest BCUT2D eigenvalue weighted by Gasteiger charge is 2.20. The van der Waals surface area contributed by atoms with Crippen LogP contribution in [0.2, 0.25) is 0 Å². The average molecular weight is 194 g/mol. The van der Waals surface area contributed by atoms with Gasteiger partial charge in [-0.05, 0) is 0 Å². The Morgan fingerprint density at radius 2 is 2.46 bits per heavy atom. The minimum absolute atomic E-state index is 0.704. The van der Waals surface area contributed by atoms with Crippen molar-refractivity contribution in [1.82, 2.24) is 14.8 Å². The largest absolute Gasteiger partial charge is 0.351 e. The summed E-state index contributed by atoms with van der Waals surface area (Å²) in [5.41, 5.74) is 0. The van der Waals surface area contributed by atoms with E-state index in [4.69, 9.17) is 0 Å². The van der Waals surface area contributed by atoms with E-state index in [1.165, 1.54) is 0 Å². The Morgan fingerprint density at radius 3 is 3.23 bits per heavy atom. The molecule has 0 spiro atoms. The lowest BCUT2D eigenvalue weighted by molar-refractivity contribution is 0.749. The number of rotatable bonds is 3. The molecule has 1 aromatic rings. The molecule has 0 saturated carbocycles. The monoisotopic (exact) mass is 194 g/mol. The van der Waals surface area contributed by atoms with Crippen molar-refractivity contribution in [3.8, 4) is 0 Å². The van der Waals surface area contributed by atoms with Crippen LogP contribution in [0.15, 0.2) is 29.3 Å². The van der Waals surface area contributed by atoms with Crippen molar-refractivity contribution in [1.29, 1.82) is 0 Å². The zero-order valence-corrected chi connectivity index (χ0v) is 7.97. The summed E-state index contributed by atoms with van der Waals surface area (Å²) in [4.78, 5) is 1.10. The number of allylic oxidation sites excluding steroid dienone is 1. The second-order valence-corrected chi connectivity index (χ2v) is 3.85. The molecule has 0 fully saturated rings. The van der Waals surface area contributed by atoms with Gasteiger partial charge in [-0.1, -0.05) is 24.4 Å². The highest BCUT2D eigenvalue weighted by molar-refractivity contribution is 8.03. The molecular formula is C8H10N4S. The summed E-state index contributed by atoms with van der Waals surface area (Å²) >= 11 is 1.57. The summed E-state index contributed by atoms with van der Waals surface area (Å²) in [6.07, 6.45) is 1.79. The van der Waals surface area contributed by atoms with Crippen molar-refractivity contribution in [2.24, 2.45) is 0 Å². The van der Waals surface area contributed by atoms with E-state index in [0.29, 0.717) is 6.54 Å². The van der Waals surface area contributed by atoms with Gasteiger partial charge in [0.05, 0.1) is 6.54 Å². The predicted molar refractivity (Wildman–Crippen MR) is 53.7 cm³/mol. The van der Waals surface area contributed by atoms with Crippen LogP contribution in [0, 0.1) is 0 Å². The number of thioether (sulfide) groups is 1. The minimum atomic E-state index is 0.704. The Morgan fingerprint density at radius 1 is 1.62 bits per heavy atom. The van der Waals surface area contributed by atoms with Gasteiger partial charge in [0.15, 0.2) is 5.16 Å². The molecule has 1 aliphatic heterocycles. The smallest absolute Gasteiger partial charge is 0.225 e. The Hall–Kier alpha value is -1.23. The van der Waals surface area contributed by atoms with Gasteiger partial charge in [-0.25, -0.2) is 0 Å². The summed E-state index contributed by atoms with van der Waals surface area (Å²) in [7, 11) is 0. The third-order valence-corrected chi connectivity index (χ3v) is 2.59. The van der Waals surface area contributed by atoms with Gasteiger partial charge in [-0.3, -0.25) is 4.57 Å². The normalized spacial score (nSPS) is 14.3. The van der Waals surface area contributed by atoms with Crippen LogP contribution in [0.5, 0.6) is 0 Å². The Bertz CT molecular complexity index is 355. The fourth-order valence-electron chi connectivity index (χ4n) is 1.14. The van der Waals surface area contributed by atoms with Crippen LogP contribution >= 0.6 is 11.8 Å². The summed E-state index contributed by atoms with van der Waals surface area (Å²) in [6, 6.07) is 0. The molecule has 5 heteroatoms. The third-order valence-electron chi connectivity index (χ3n) is 1.69. The standard InChI is InChI=1S/C8H10N4S/c1-3-4-9-7-10-11-8-12(7)5-6(2)13-8/h3H,1-2,4-5H2,(H,9,10). The van der Waals surface area contributed by atoms with E-state index >= 15 is 0 Å². The molecule has 4 nitrogen and oxygen atoms in total. The van der Waals surface area contributed by atoms with Crippen molar-refractivity contribution in [2.45, 2.75) is 11.7 Å². The maximum absolute atomic E-state index is 4.02. The number of hydrogen-bond donors (Lipinski definition) is 1. The van der Waals surface area contributed by atoms with Crippen LogP contribution in [0.4, 0.5) is 5.95 Å². The van der Waals surface area contributed by atoms with Crippen LogP contribution in [0.1, 0.15) is 0 Å². The Kier molecular flexibility index (Phi) is 2.10. The summed E-state index contributed by atoms with van der Waals surface area (Å²) in [5, 5.41) is 12.0. The molecule has 68 valence electrons. The quantitative estimate of drug-likeness (QED) is 0.740. The minimum Gasteiger partial charge on any atom is -0.351 e. The van der Waals surface area contributed by atoms with E-state index in [0.717, 1.165) is 22.6 Å². The lowest BCUT2D eigenvalue weighted by Crippen LogP contribution is -2.05. The molecule has 1 aromatic heterocycles. The first-order valence-electron chi connectivity index (χ1n) is 3.95. The molecule has 0 aliphatic carbocycles. The number of hydrogen-bond acceptors (Lipinski definition) is 4. The van der Waals surface area contributed by atoms with E-state index in [1.54, 1.807) is 17.8 Å². The van der Waals surface area contributed by atoms with E-state index in [9.17, 15) is 0 Å². The summed E-state index contributed by atoms with van der Waals surface area (Å²) in [5.74, 6) is 0.793.